The van der Waals surface area contributed by atoms with Crippen LogP contribution in [0.2, 0.25) is 0 Å². The third-order valence-electron chi connectivity index (χ3n) is 4.75. The number of esters is 2. The molecule has 0 saturated heterocycles. The van der Waals surface area contributed by atoms with Gasteiger partial charge in [-0.2, -0.15) is 0 Å². The Kier molecular flexibility index (Phi) is 5.17. The molecule has 0 aliphatic heterocycles. The normalized spacial score (nSPS) is 17.6. The van der Waals surface area contributed by atoms with Gasteiger partial charge < -0.3 is 9.47 Å². The van der Waals surface area contributed by atoms with Gasteiger partial charge in [-0.3, -0.25) is 9.59 Å². The Morgan fingerprint density at radius 1 is 0.880 bits per heavy atom. The lowest BCUT2D eigenvalue weighted by atomic mass is 10.0. The van der Waals surface area contributed by atoms with Crippen molar-refractivity contribution in [2.75, 3.05) is 0 Å². The van der Waals surface area contributed by atoms with Gasteiger partial charge in [0.1, 0.15) is 13.2 Å². The van der Waals surface area contributed by atoms with Crippen LogP contribution >= 0.6 is 0 Å². The van der Waals surface area contributed by atoms with Crippen molar-refractivity contribution in [1.82, 2.24) is 0 Å². The molecule has 4 heteroatoms. The van der Waals surface area contributed by atoms with Gasteiger partial charge in [-0.15, -0.1) is 0 Å². The Labute approximate surface area is 147 Å². The average Bonchev–Trinajstić information content (AvgIpc) is 3.42. The molecule has 2 aromatic carbocycles. The van der Waals surface area contributed by atoms with Crippen LogP contribution in [0.1, 0.15) is 30.9 Å². The summed E-state index contributed by atoms with van der Waals surface area (Å²) in [5.41, 5.74) is 0.674. The molecule has 0 radical (unpaired) electrons. The highest BCUT2D eigenvalue weighted by molar-refractivity contribution is 6.03. The van der Waals surface area contributed by atoms with Crippen molar-refractivity contribution in [3.63, 3.8) is 0 Å². The Morgan fingerprint density at radius 3 is 1.68 bits per heavy atom. The van der Waals surface area contributed by atoms with Gasteiger partial charge in [0.25, 0.3) is 0 Å². The molecule has 3 rings (SSSR count). The summed E-state index contributed by atoms with van der Waals surface area (Å²) < 4.78 is 10.8. The lowest BCUT2D eigenvalue weighted by Crippen LogP contribution is -2.31. The number of benzene rings is 2. The molecule has 0 amide bonds. The van der Waals surface area contributed by atoms with E-state index in [1.54, 1.807) is 0 Å². The van der Waals surface area contributed by atoms with E-state index in [1.807, 2.05) is 67.6 Å². The Morgan fingerprint density at radius 2 is 1.32 bits per heavy atom. The minimum absolute atomic E-state index is 0.000883. The lowest BCUT2D eigenvalue weighted by Gasteiger charge is -2.16. The highest BCUT2D eigenvalue weighted by atomic mass is 16.6. The van der Waals surface area contributed by atoms with Crippen molar-refractivity contribution in [3.8, 4) is 0 Å². The summed E-state index contributed by atoms with van der Waals surface area (Å²) in [4.78, 5) is 25.2. The molecule has 130 valence electrons. The molecule has 0 aromatic heterocycles. The molecule has 4 nitrogen and oxygen atoms in total. The van der Waals surface area contributed by atoms with Crippen molar-refractivity contribution in [1.29, 1.82) is 0 Å². The number of carbonyl (C=O) groups excluding carboxylic acids is 2. The van der Waals surface area contributed by atoms with Crippen LogP contribution in [-0.2, 0) is 32.3 Å². The van der Waals surface area contributed by atoms with Crippen LogP contribution in [0, 0.1) is 11.3 Å². The maximum absolute atomic E-state index is 12.6. The van der Waals surface area contributed by atoms with Crippen LogP contribution in [0.25, 0.3) is 0 Å². The van der Waals surface area contributed by atoms with Crippen molar-refractivity contribution >= 4 is 11.9 Å². The molecule has 1 fully saturated rings. The quantitative estimate of drug-likeness (QED) is 0.568. The van der Waals surface area contributed by atoms with Crippen LogP contribution in [0.15, 0.2) is 60.7 Å². The van der Waals surface area contributed by atoms with E-state index in [0.29, 0.717) is 6.42 Å². The zero-order chi connectivity index (χ0) is 17.7. The Balaban J connectivity index is 1.62. The van der Waals surface area contributed by atoms with E-state index in [-0.39, 0.29) is 19.1 Å². The number of ether oxygens (including phenoxy) is 2. The topological polar surface area (TPSA) is 52.6 Å². The van der Waals surface area contributed by atoms with E-state index in [9.17, 15) is 9.59 Å². The van der Waals surface area contributed by atoms with E-state index in [0.717, 1.165) is 17.5 Å². The lowest BCUT2D eigenvalue weighted by molar-refractivity contribution is -0.167. The van der Waals surface area contributed by atoms with Crippen molar-refractivity contribution in [2.45, 2.75) is 33.0 Å². The monoisotopic (exact) mass is 338 g/mol. The van der Waals surface area contributed by atoms with Crippen molar-refractivity contribution < 1.29 is 19.1 Å². The van der Waals surface area contributed by atoms with Gasteiger partial charge in [-0.05, 0) is 23.5 Å². The summed E-state index contributed by atoms with van der Waals surface area (Å²) in [6.45, 7) is 2.31. The summed E-state index contributed by atoms with van der Waals surface area (Å²) in [7, 11) is 0. The molecule has 0 N–H and O–H groups in total. The van der Waals surface area contributed by atoms with Gasteiger partial charge in [0.2, 0.25) is 0 Å². The first-order valence-electron chi connectivity index (χ1n) is 8.59. The Bertz CT molecular complexity index is 669. The van der Waals surface area contributed by atoms with E-state index in [1.165, 1.54) is 0 Å². The van der Waals surface area contributed by atoms with E-state index >= 15 is 0 Å². The van der Waals surface area contributed by atoms with E-state index in [4.69, 9.17) is 9.47 Å². The maximum Gasteiger partial charge on any atom is 0.324 e. The minimum atomic E-state index is -1.13. The zero-order valence-electron chi connectivity index (χ0n) is 14.3. The molecule has 1 aliphatic carbocycles. The van der Waals surface area contributed by atoms with Crippen LogP contribution in [-0.4, -0.2) is 11.9 Å². The van der Waals surface area contributed by atoms with Crippen LogP contribution in [0.5, 0.6) is 0 Å². The standard InChI is InChI=1S/C21H22O4/c1-2-18-13-21(18,19(22)24-14-16-9-5-3-6-10-16)20(23)25-15-17-11-7-4-8-12-17/h3-12,18H,2,13-15H2,1H3/t18-/m0/s1. The second-order valence-electron chi connectivity index (χ2n) is 6.40. The SMILES string of the molecule is CC[C@H]1CC1(C(=O)OCc1ccccc1)C(=O)OCc1ccccc1. The minimum Gasteiger partial charge on any atom is -0.460 e. The first-order chi connectivity index (χ1) is 12.2. The molecule has 1 saturated carbocycles. The summed E-state index contributed by atoms with van der Waals surface area (Å²) in [5, 5.41) is 0. The molecule has 1 aliphatic rings. The van der Waals surface area contributed by atoms with Crippen LogP contribution in [0.4, 0.5) is 0 Å². The molecule has 0 unspecified atom stereocenters. The van der Waals surface area contributed by atoms with Crippen molar-refractivity contribution in [2.24, 2.45) is 11.3 Å². The Hall–Kier alpha value is -2.62. The first-order valence-corrected chi connectivity index (χ1v) is 8.59. The fourth-order valence-corrected chi connectivity index (χ4v) is 3.11. The third-order valence-corrected chi connectivity index (χ3v) is 4.75. The molecular weight excluding hydrogens is 316 g/mol. The highest BCUT2D eigenvalue weighted by Crippen LogP contribution is 2.56. The zero-order valence-corrected chi connectivity index (χ0v) is 14.3. The van der Waals surface area contributed by atoms with Gasteiger partial charge in [0.15, 0.2) is 5.41 Å². The predicted molar refractivity (Wildman–Crippen MR) is 93.3 cm³/mol. The summed E-state index contributed by atoms with van der Waals surface area (Å²) in [6, 6.07) is 18.9. The maximum atomic E-state index is 12.6. The van der Waals surface area contributed by atoms with Gasteiger partial charge >= 0.3 is 11.9 Å². The number of hydrogen-bond acceptors (Lipinski definition) is 4. The average molecular weight is 338 g/mol. The first kappa shape index (κ1) is 17.2. The molecule has 1 atom stereocenters. The predicted octanol–water partition coefficient (Wildman–Crippen LogP) is 3.89. The molecule has 0 bridgehead atoms. The third kappa shape index (κ3) is 3.73. The second-order valence-corrected chi connectivity index (χ2v) is 6.40. The highest BCUT2D eigenvalue weighted by Gasteiger charge is 2.67. The smallest absolute Gasteiger partial charge is 0.324 e. The number of carbonyl (C=O) groups is 2. The van der Waals surface area contributed by atoms with E-state index in [2.05, 4.69) is 0 Å². The van der Waals surface area contributed by atoms with Crippen molar-refractivity contribution in [3.05, 3.63) is 71.8 Å². The summed E-state index contributed by atoms with van der Waals surface area (Å²) in [5.74, 6) is -0.943. The second kappa shape index (κ2) is 7.51. The van der Waals surface area contributed by atoms with Gasteiger partial charge in [-0.1, -0.05) is 74.0 Å². The number of hydrogen-bond donors (Lipinski definition) is 0. The summed E-state index contributed by atoms with van der Waals surface area (Å²) >= 11 is 0. The molecule has 0 spiro atoms. The fraction of sp³-hybridized carbons (Fsp3) is 0.333. The van der Waals surface area contributed by atoms with Gasteiger partial charge in [0.05, 0.1) is 0 Å². The summed E-state index contributed by atoms with van der Waals surface area (Å²) in [6.07, 6.45) is 1.26. The fourth-order valence-electron chi connectivity index (χ4n) is 3.11. The van der Waals surface area contributed by atoms with Crippen LogP contribution in [0.3, 0.4) is 0 Å². The molecule has 25 heavy (non-hydrogen) atoms. The molecule has 0 heterocycles. The van der Waals surface area contributed by atoms with Gasteiger partial charge in [0, 0.05) is 0 Å². The molecule has 2 aromatic rings. The number of rotatable bonds is 7. The van der Waals surface area contributed by atoms with Crippen LogP contribution < -0.4 is 0 Å². The largest absolute Gasteiger partial charge is 0.460 e. The van der Waals surface area contributed by atoms with Gasteiger partial charge in [-0.25, -0.2) is 0 Å². The molecular formula is C21H22O4. The van der Waals surface area contributed by atoms with E-state index < -0.39 is 17.4 Å².